The Kier molecular flexibility index (Phi) is 3.49. The predicted octanol–water partition coefficient (Wildman–Crippen LogP) is 3.02. The highest BCUT2D eigenvalue weighted by Gasteiger charge is 2.23. The maximum Gasteiger partial charge on any atom is 0.228 e. The first-order valence-electron chi connectivity index (χ1n) is 7.11. The number of carbonyl (C=O) groups excluding carboxylic acids is 1. The van der Waals surface area contributed by atoms with E-state index in [1.807, 2.05) is 31.2 Å². The number of carbonyl (C=O) groups is 1. The predicted molar refractivity (Wildman–Crippen MR) is 79.8 cm³/mol. The third-order valence-corrected chi connectivity index (χ3v) is 3.90. The van der Waals surface area contributed by atoms with E-state index in [2.05, 4.69) is 17.3 Å². The quantitative estimate of drug-likeness (QED) is 0.914. The van der Waals surface area contributed by atoms with Gasteiger partial charge in [-0.3, -0.25) is 4.79 Å². The zero-order valence-electron chi connectivity index (χ0n) is 12.0. The van der Waals surface area contributed by atoms with Gasteiger partial charge < -0.3 is 14.6 Å². The van der Waals surface area contributed by atoms with Crippen LogP contribution in [0.2, 0.25) is 0 Å². The molecule has 20 heavy (non-hydrogen) atoms. The lowest BCUT2D eigenvalue weighted by molar-refractivity contribution is -0.121. The van der Waals surface area contributed by atoms with E-state index in [-0.39, 0.29) is 11.8 Å². The van der Waals surface area contributed by atoms with Crippen molar-refractivity contribution in [2.24, 2.45) is 5.92 Å². The molecule has 0 aliphatic carbocycles. The van der Waals surface area contributed by atoms with Crippen LogP contribution in [0.25, 0.3) is 11.0 Å². The first-order valence-corrected chi connectivity index (χ1v) is 7.11. The number of furan rings is 1. The molecule has 0 bridgehead atoms. The van der Waals surface area contributed by atoms with Crippen LogP contribution in [0, 0.1) is 12.8 Å². The van der Waals surface area contributed by atoms with E-state index in [0.29, 0.717) is 0 Å². The molecule has 1 aliphatic rings. The monoisotopic (exact) mass is 272 g/mol. The van der Waals surface area contributed by atoms with Crippen molar-refractivity contribution in [1.82, 2.24) is 4.90 Å². The molecule has 1 unspecified atom stereocenters. The van der Waals surface area contributed by atoms with Gasteiger partial charge in [-0.15, -0.1) is 0 Å². The maximum atomic E-state index is 12.3. The molecule has 0 radical (unpaired) electrons. The second kappa shape index (κ2) is 5.29. The molecule has 0 spiro atoms. The Morgan fingerprint density at radius 3 is 3.05 bits per heavy atom. The van der Waals surface area contributed by atoms with Gasteiger partial charge in [0.1, 0.15) is 11.3 Å². The van der Waals surface area contributed by atoms with Crippen LogP contribution in [-0.4, -0.2) is 30.9 Å². The second-order valence-electron chi connectivity index (χ2n) is 5.70. The van der Waals surface area contributed by atoms with Crippen molar-refractivity contribution in [1.29, 1.82) is 0 Å². The Balaban J connectivity index is 1.73. The van der Waals surface area contributed by atoms with Crippen LogP contribution in [0.4, 0.5) is 5.69 Å². The Labute approximate surface area is 118 Å². The zero-order valence-corrected chi connectivity index (χ0v) is 12.0. The number of anilines is 1. The molecule has 1 fully saturated rings. The summed E-state index contributed by atoms with van der Waals surface area (Å²) in [4.78, 5) is 14.5. The summed E-state index contributed by atoms with van der Waals surface area (Å²) in [6.45, 7) is 3.86. The molecular weight excluding hydrogens is 252 g/mol. The zero-order chi connectivity index (χ0) is 14.1. The van der Waals surface area contributed by atoms with Gasteiger partial charge in [-0.25, -0.2) is 0 Å². The van der Waals surface area contributed by atoms with Gasteiger partial charge in [0, 0.05) is 17.6 Å². The average molecular weight is 272 g/mol. The Bertz CT molecular complexity index is 632. The van der Waals surface area contributed by atoms with Gasteiger partial charge in [0.05, 0.1) is 5.92 Å². The molecule has 2 aromatic rings. The lowest BCUT2D eigenvalue weighted by Gasteiger charge is -2.28. The van der Waals surface area contributed by atoms with Crippen LogP contribution < -0.4 is 5.32 Å². The molecule has 4 heteroatoms. The van der Waals surface area contributed by atoms with Crippen molar-refractivity contribution < 1.29 is 9.21 Å². The average Bonchev–Trinajstić information content (AvgIpc) is 2.78. The normalized spacial score (nSPS) is 20.2. The topological polar surface area (TPSA) is 45.5 Å². The Morgan fingerprint density at radius 2 is 2.25 bits per heavy atom. The largest absolute Gasteiger partial charge is 0.461 e. The van der Waals surface area contributed by atoms with Crippen LogP contribution in [0.3, 0.4) is 0 Å². The lowest BCUT2D eigenvalue weighted by Crippen LogP contribution is -2.38. The molecule has 1 atom stereocenters. The van der Waals surface area contributed by atoms with Crippen molar-refractivity contribution in [3.05, 3.63) is 30.0 Å². The van der Waals surface area contributed by atoms with Gasteiger partial charge >= 0.3 is 0 Å². The number of piperidine rings is 1. The number of likely N-dealkylation sites (tertiary alicyclic amines) is 1. The maximum absolute atomic E-state index is 12.3. The van der Waals surface area contributed by atoms with Crippen molar-refractivity contribution in [3.63, 3.8) is 0 Å². The molecule has 1 aliphatic heterocycles. The van der Waals surface area contributed by atoms with Gasteiger partial charge in [0.25, 0.3) is 0 Å². The van der Waals surface area contributed by atoms with Crippen molar-refractivity contribution in [3.8, 4) is 0 Å². The van der Waals surface area contributed by atoms with E-state index in [4.69, 9.17) is 4.42 Å². The van der Waals surface area contributed by atoms with Crippen molar-refractivity contribution in [2.45, 2.75) is 19.8 Å². The fraction of sp³-hybridized carbons (Fsp3) is 0.438. The third-order valence-electron chi connectivity index (χ3n) is 3.90. The summed E-state index contributed by atoms with van der Waals surface area (Å²) >= 11 is 0. The number of nitrogens with one attached hydrogen (secondary N) is 1. The number of nitrogens with zero attached hydrogens (tertiary/aromatic N) is 1. The fourth-order valence-corrected chi connectivity index (χ4v) is 2.88. The van der Waals surface area contributed by atoms with Gasteiger partial charge in [-0.2, -0.15) is 0 Å². The van der Waals surface area contributed by atoms with Crippen molar-refractivity contribution in [2.75, 3.05) is 25.5 Å². The van der Waals surface area contributed by atoms with E-state index < -0.39 is 0 Å². The summed E-state index contributed by atoms with van der Waals surface area (Å²) in [5, 5.41) is 4.06. The lowest BCUT2D eigenvalue weighted by atomic mass is 9.97. The summed E-state index contributed by atoms with van der Waals surface area (Å²) in [5.74, 6) is 1.10. The molecule has 0 saturated carbocycles. The molecule has 106 valence electrons. The number of hydrogen-bond acceptors (Lipinski definition) is 3. The van der Waals surface area contributed by atoms with E-state index in [1.54, 1.807) is 0 Å². The summed E-state index contributed by atoms with van der Waals surface area (Å²) in [7, 11) is 2.07. The summed E-state index contributed by atoms with van der Waals surface area (Å²) in [6.07, 6.45) is 2.07. The van der Waals surface area contributed by atoms with Crippen LogP contribution in [-0.2, 0) is 4.79 Å². The van der Waals surface area contributed by atoms with Crippen LogP contribution in [0.15, 0.2) is 28.7 Å². The molecule has 1 saturated heterocycles. The number of amides is 1. The van der Waals surface area contributed by atoms with Gasteiger partial charge in [0.2, 0.25) is 5.91 Å². The standard InChI is InChI=1S/C16H20N2O2/c1-11-8-13-9-14(5-6-15(13)20-11)17-16(19)12-4-3-7-18(2)10-12/h5-6,8-9,12H,3-4,7,10H2,1-2H3,(H,17,19). The summed E-state index contributed by atoms with van der Waals surface area (Å²) in [5.41, 5.74) is 1.70. The highest BCUT2D eigenvalue weighted by Crippen LogP contribution is 2.24. The van der Waals surface area contributed by atoms with E-state index in [1.165, 1.54) is 0 Å². The van der Waals surface area contributed by atoms with Crippen molar-refractivity contribution >= 4 is 22.6 Å². The highest BCUT2D eigenvalue weighted by atomic mass is 16.3. The van der Waals surface area contributed by atoms with E-state index >= 15 is 0 Å². The van der Waals surface area contributed by atoms with Crippen LogP contribution in [0.5, 0.6) is 0 Å². The number of fused-ring (bicyclic) bond motifs is 1. The molecule has 1 amide bonds. The van der Waals surface area contributed by atoms with Crippen LogP contribution >= 0.6 is 0 Å². The van der Waals surface area contributed by atoms with Gasteiger partial charge in [-0.05, 0) is 57.6 Å². The highest BCUT2D eigenvalue weighted by molar-refractivity contribution is 5.95. The first-order chi connectivity index (χ1) is 9.61. The smallest absolute Gasteiger partial charge is 0.228 e. The molecule has 2 heterocycles. The first kappa shape index (κ1) is 13.2. The Morgan fingerprint density at radius 1 is 1.40 bits per heavy atom. The van der Waals surface area contributed by atoms with Crippen LogP contribution in [0.1, 0.15) is 18.6 Å². The molecule has 1 aromatic carbocycles. The number of aryl methyl sites for hydroxylation is 1. The van der Waals surface area contributed by atoms with E-state index in [9.17, 15) is 4.79 Å². The Hall–Kier alpha value is -1.81. The molecular formula is C16H20N2O2. The number of rotatable bonds is 2. The number of benzene rings is 1. The third kappa shape index (κ3) is 2.70. The summed E-state index contributed by atoms with van der Waals surface area (Å²) in [6, 6.07) is 7.76. The minimum Gasteiger partial charge on any atom is -0.461 e. The van der Waals surface area contributed by atoms with Gasteiger partial charge in [0.15, 0.2) is 0 Å². The molecule has 3 rings (SSSR count). The second-order valence-corrected chi connectivity index (χ2v) is 5.70. The number of hydrogen-bond donors (Lipinski definition) is 1. The SMILES string of the molecule is Cc1cc2cc(NC(=O)C3CCCN(C)C3)ccc2o1. The molecule has 1 N–H and O–H groups in total. The minimum absolute atomic E-state index is 0.0931. The summed E-state index contributed by atoms with van der Waals surface area (Å²) < 4.78 is 5.54. The van der Waals surface area contributed by atoms with E-state index in [0.717, 1.165) is 48.3 Å². The minimum atomic E-state index is 0.0931. The van der Waals surface area contributed by atoms with Gasteiger partial charge in [-0.1, -0.05) is 0 Å². The molecule has 1 aromatic heterocycles. The fourth-order valence-electron chi connectivity index (χ4n) is 2.88. The molecule has 4 nitrogen and oxygen atoms in total.